The van der Waals surface area contributed by atoms with Gasteiger partial charge < -0.3 is 10.0 Å². The Labute approximate surface area is 140 Å². The molecular weight excluding hydrogens is 300 g/mol. The highest BCUT2D eigenvalue weighted by Crippen LogP contribution is 2.36. The SMILES string of the molecule is O=C(c1ccc2ccccc2c1O)N1CCC[C@@H]1c1ccncc1. The van der Waals surface area contributed by atoms with Gasteiger partial charge in [-0.2, -0.15) is 0 Å². The number of phenolic OH excluding ortho intramolecular Hbond substituents is 1. The van der Waals surface area contributed by atoms with Gasteiger partial charge in [-0.15, -0.1) is 0 Å². The molecule has 0 unspecified atom stereocenters. The van der Waals surface area contributed by atoms with E-state index in [9.17, 15) is 9.90 Å². The van der Waals surface area contributed by atoms with Crippen molar-refractivity contribution in [1.82, 2.24) is 9.88 Å². The van der Waals surface area contributed by atoms with Crippen LogP contribution in [0.4, 0.5) is 0 Å². The van der Waals surface area contributed by atoms with Crippen molar-refractivity contribution in [3.05, 3.63) is 72.1 Å². The molecule has 0 radical (unpaired) electrons. The van der Waals surface area contributed by atoms with Crippen molar-refractivity contribution in [2.24, 2.45) is 0 Å². The lowest BCUT2D eigenvalue weighted by Crippen LogP contribution is -2.30. The average molecular weight is 318 g/mol. The molecule has 4 rings (SSSR count). The van der Waals surface area contributed by atoms with E-state index in [0.29, 0.717) is 17.5 Å². The van der Waals surface area contributed by atoms with Crippen LogP contribution in [0.2, 0.25) is 0 Å². The molecule has 3 aromatic rings. The van der Waals surface area contributed by atoms with Crippen LogP contribution >= 0.6 is 0 Å². The smallest absolute Gasteiger partial charge is 0.258 e. The molecule has 120 valence electrons. The minimum atomic E-state index is -0.113. The second-order valence-corrected chi connectivity index (χ2v) is 6.12. The molecule has 24 heavy (non-hydrogen) atoms. The molecular formula is C20H18N2O2. The lowest BCUT2D eigenvalue weighted by molar-refractivity contribution is 0.0733. The molecule has 1 N–H and O–H groups in total. The number of amides is 1. The summed E-state index contributed by atoms with van der Waals surface area (Å²) in [5.41, 5.74) is 1.46. The minimum absolute atomic E-state index is 0.0476. The van der Waals surface area contributed by atoms with Crippen LogP contribution in [0.3, 0.4) is 0 Å². The molecule has 4 nitrogen and oxygen atoms in total. The van der Waals surface area contributed by atoms with Gasteiger partial charge in [0.1, 0.15) is 5.75 Å². The number of fused-ring (bicyclic) bond motifs is 1. The van der Waals surface area contributed by atoms with Crippen LogP contribution in [0.1, 0.15) is 34.8 Å². The summed E-state index contributed by atoms with van der Waals surface area (Å²) in [5.74, 6) is -0.0453. The molecule has 1 aliphatic rings. The lowest BCUT2D eigenvalue weighted by atomic mass is 10.0. The van der Waals surface area contributed by atoms with Crippen molar-refractivity contribution in [1.29, 1.82) is 0 Å². The molecule has 1 fully saturated rings. The van der Waals surface area contributed by atoms with Gasteiger partial charge >= 0.3 is 0 Å². The summed E-state index contributed by atoms with van der Waals surface area (Å²) in [6.07, 6.45) is 5.41. The summed E-state index contributed by atoms with van der Waals surface area (Å²) in [7, 11) is 0. The third-order valence-electron chi connectivity index (χ3n) is 4.74. The number of rotatable bonds is 2. The van der Waals surface area contributed by atoms with Crippen molar-refractivity contribution in [2.75, 3.05) is 6.54 Å². The van der Waals surface area contributed by atoms with Crippen molar-refractivity contribution < 1.29 is 9.90 Å². The molecule has 0 saturated carbocycles. The Kier molecular flexibility index (Phi) is 3.65. The molecule has 0 bridgehead atoms. The summed E-state index contributed by atoms with van der Waals surface area (Å²) >= 11 is 0. The van der Waals surface area contributed by atoms with E-state index < -0.39 is 0 Å². The first-order chi connectivity index (χ1) is 11.8. The predicted octanol–water partition coefficient (Wildman–Crippen LogP) is 3.92. The monoisotopic (exact) mass is 318 g/mol. The summed E-state index contributed by atoms with van der Waals surface area (Å²) in [6.45, 7) is 0.706. The number of nitrogens with zero attached hydrogens (tertiary/aromatic N) is 2. The van der Waals surface area contributed by atoms with Gasteiger partial charge in [-0.3, -0.25) is 9.78 Å². The third kappa shape index (κ3) is 2.40. The number of carbonyl (C=O) groups excluding carboxylic acids is 1. The van der Waals surface area contributed by atoms with Gasteiger partial charge in [-0.05, 0) is 42.0 Å². The first-order valence-corrected chi connectivity index (χ1v) is 8.17. The average Bonchev–Trinajstić information content (AvgIpc) is 3.12. The van der Waals surface area contributed by atoms with E-state index in [-0.39, 0.29) is 17.7 Å². The maximum Gasteiger partial charge on any atom is 0.258 e. The van der Waals surface area contributed by atoms with E-state index in [1.54, 1.807) is 18.5 Å². The molecule has 1 aromatic heterocycles. The number of hydrogen-bond donors (Lipinski definition) is 1. The molecule has 4 heteroatoms. The van der Waals surface area contributed by atoms with Crippen LogP contribution in [0, 0.1) is 0 Å². The number of aromatic nitrogens is 1. The van der Waals surface area contributed by atoms with Crippen LogP contribution in [0.5, 0.6) is 5.75 Å². The van der Waals surface area contributed by atoms with E-state index in [1.165, 1.54) is 0 Å². The van der Waals surface area contributed by atoms with Crippen molar-refractivity contribution >= 4 is 16.7 Å². The van der Waals surface area contributed by atoms with E-state index in [0.717, 1.165) is 23.8 Å². The van der Waals surface area contributed by atoms with E-state index in [1.807, 2.05) is 47.4 Å². The highest BCUT2D eigenvalue weighted by Gasteiger charge is 2.31. The van der Waals surface area contributed by atoms with Crippen molar-refractivity contribution in [3.8, 4) is 5.75 Å². The topological polar surface area (TPSA) is 53.4 Å². The summed E-state index contributed by atoms with van der Waals surface area (Å²) in [5, 5.41) is 12.2. The van der Waals surface area contributed by atoms with Crippen LogP contribution < -0.4 is 0 Å². The summed E-state index contributed by atoms with van der Waals surface area (Å²) in [6, 6.07) is 15.1. The van der Waals surface area contributed by atoms with Crippen LogP contribution in [-0.4, -0.2) is 27.4 Å². The molecule has 1 aliphatic heterocycles. The Morgan fingerprint density at radius 1 is 1.08 bits per heavy atom. The summed E-state index contributed by atoms with van der Waals surface area (Å²) < 4.78 is 0. The Morgan fingerprint density at radius 3 is 2.71 bits per heavy atom. The van der Waals surface area contributed by atoms with Gasteiger partial charge in [0.15, 0.2) is 0 Å². The number of aromatic hydroxyl groups is 1. The standard InChI is InChI=1S/C20H18N2O2/c23-19-16-5-2-1-4-14(16)7-8-17(19)20(24)22-13-3-6-18(22)15-9-11-21-12-10-15/h1-2,4-5,7-12,18,23H,3,6,13H2/t18-/m1/s1. The maximum absolute atomic E-state index is 13.0. The van der Waals surface area contributed by atoms with Crippen molar-refractivity contribution in [2.45, 2.75) is 18.9 Å². The molecule has 0 spiro atoms. The van der Waals surface area contributed by atoms with Gasteiger partial charge in [0.25, 0.3) is 5.91 Å². The van der Waals surface area contributed by atoms with Crippen LogP contribution in [-0.2, 0) is 0 Å². The van der Waals surface area contributed by atoms with Gasteiger partial charge in [-0.25, -0.2) is 0 Å². The molecule has 0 aliphatic carbocycles. The van der Waals surface area contributed by atoms with Gasteiger partial charge in [0, 0.05) is 24.3 Å². The normalized spacial score (nSPS) is 17.3. The first-order valence-electron chi connectivity index (χ1n) is 8.17. The molecule has 1 saturated heterocycles. The van der Waals surface area contributed by atoms with Gasteiger partial charge in [-0.1, -0.05) is 30.3 Å². The predicted molar refractivity (Wildman–Crippen MR) is 92.9 cm³/mol. The van der Waals surface area contributed by atoms with E-state index in [2.05, 4.69) is 4.98 Å². The van der Waals surface area contributed by atoms with E-state index in [4.69, 9.17) is 0 Å². The second-order valence-electron chi connectivity index (χ2n) is 6.12. The van der Waals surface area contributed by atoms with Crippen molar-refractivity contribution in [3.63, 3.8) is 0 Å². The maximum atomic E-state index is 13.0. The third-order valence-corrected chi connectivity index (χ3v) is 4.74. The van der Waals surface area contributed by atoms with Crippen LogP contribution in [0.25, 0.3) is 10.8 Å². The highest BCUT2D eigenvalue weighted by atomic mass is 16.3. The fourth-order valence-corrected chi connectivity index (χ4v) is 3.52. The Morgan fingerprint density at radius 2 is 1.88 bits per heavy atom. The highest BCUT2D eigenvalue weighted by molar-refractivity contribution is 6.03. The van der Waals surface area contributed by atoms with Crippen LogP contribution in [0.15, 0.2) is 60.9 Å². The largest absolute Gasteiger partial charge is 0.506 e. The molecule has 1 amide bonds. The number of hydrogen-bond acceptors (Lipinski definition) is 3. The zero-order chi connectivity index (χ0) is 16.5. The lowest BCUT2D eigenvalue weighted by Gasteiger charge is -2.25. The molecule has 2 heterocycles. The zero-order valence-electron chi connectivity index (χ0n) is 13.2. The number of pyridine rings is 1. The first kappa shape index (κ1) is 14.7. The number of likely N-dealkylation sites (tertiary alicyclic amines) is 1. The molecule has 1 atom stereocenters. The second kappa shape index (κ2) is 5.96. The Balaban J connectivity index is 1.72. The minimum Gasteiger partial charge on any atom is -0.506 e. The van der Waals surface area contributed by atoms with E-state index >= 15 is 0 Å². The Bertz CT molecular complexity index is 893. The number of carbonyl (C=O) groups is 1. The molecule has 2 aromatic carbocycles. The van der Waals surface area contributed by atoms with Gasteiger partial charge in [0.2, 0.25) is 0 Å². The summed E-state index contributed by atoms with van der Waals surface area (Å²) in [4.78, 5) is 19.0. The Hall–Kier alpha value is -2.88. The zero-order valence-corrected chi connectivity index (χ0v) is 13.2. The quantitative estimate of drug-likeness (QED) is 0.779. The fraction of sp³-hybridized carbons (Fsp3) is 0.200. The van der Waals surface area contributed by atoms with Gasteiger partial charge in [0.05, 0.1) is 11.6 Å². The number of phenols is 1. The fourth-order valence-electron chi connectivity index (χ4n) is 3.52. The number of benzene rings is 2.